The summed E-state index contributed by atoms with van der Waals surface area (Å²) in [5, 5.41) is 11.9. The van der Waals surface area contributed by atoms with Gasteiger partial charge in [0.15, 0.2) is 0 Å². The van der Waals surface area contributed by atoms with Crippen molar-refractivity contribution in [1.29, 1.82) is 0 Å². The molecule has 3 rings (SSSR count). The van der Waals surface area contributed by atoms with Crippen LogP contribution in [0, 0.1) is 0 Å². The molecule has 0 saturated carbocycles. The van der Waals surface area contributed by atoms with Crippen LogP contribution in [0.2, 0.25) is 5.02 Å². The van der Waals surface area contributed by atoms with Gasteiger partial charge in [-0.25, -0.2) is 0 Å². The predicted molar refractivity (Wildman–Crippen MR) is 85.8 cm³/mol. The Labute approximate surface area is 129 Å². The third-order valence-electron chi connectivity index (χ3n) is 4.20. The molecule has 0 radical (unpaired) electrons. The first kappa shape index (κ1) is 14.6. The average Bonchev–Trinajstić information content (AvgIpc) is 2.53. The molecule has 1 aliphatic rings. The minimum Gasteiger partial charge on any atom is -0.505 e. The van der Waals surface area contributed by atoms with Gasteiger partial charge in [-0.15, -0.1) is 0 Å². The number of pyridine rings is 1. The molecule has 5 heteroatoms. The largest absolute Gasteiger partial charge is 0.505 e. The van der Waals surface area contributed by atoms with Gasteiger partial charge in [-0.05, 0) is 24.7 Å². The molecule has 2 heterocycles. The van der Waals surface area contributed by atoms with Gasteiger partial charge >= 0.3 is 0 Å². The maximum absolute atomic E-state index is 10.4. The van der Waals surface area contributed by atoms with Crippen LogP contribution in [0.5, 0.6) is 5.75 Å². The van der Waals surface area contributed by atoms with Crippen molar-refractivity contribution in [3.8, 4) is 5.75 Å². The van der Waals surface area contributed by atoms with E-state index in [9.17, 15) is 5.11 Å². The second kappa shape index (κ2) is 6.18. The van der Waals surface area contributed by atoms with Gasteiger partial charge in [-0.3, -0.25) is 9.88 Å². The lowest BCUT2D eigenvalue weighted by atomic mass is 10.1. The molecular weight excluding hydrogens is 286 g/mol. The molecule has 1 aromatic heterocycles. The van der Waals surface area contributed by atoms with Crippen molar-refractivity contribution in [2.24, 2.45) is 0 Å². The first-order valence-corrected chi connectivity index (χ1v) is 7.76. The monoisotopic (exact) mass is 305 g/mol. The lowest BCUT2D eigenvalue weighted by Crippen LogP contribution is -2.45. The number of fused-ring (bicyclic) bond motifs is 1. The fourth-order valence-corrected chi connectivity index (χ4v) is 3.15. The Morgan fingerprint density at radius 2 is 1.95 bits per heavy atom. The molecule has 1 N–H and O–H groups in total. The minimum absolute atomic E-state index is 0.257. The Balaban J connectivity index is 1.83. The summed E-state index contributed by atoms with van der Waals surface area (Å²) >= 11 is 6.32. The Kier molecular flexibility index (Phi) is 4.29. The zero-order chi connectivity index (χ0) is 14.8. The van der Waals surface area contributed by atoms with Crippen molar-refractivity contribution in [2.45, 2.75) is 13.5 Å². The average molecular weight is 306 g/mol. The molecule has 0 atom stereocenters. The fourth-order valence-electron chi connectivity index (χ4n) is 2.86. The maximum Gasteiger partial charge on any atom is 0.146 e. The number of hydrogen-bond acceptors (Lipinski definition) is 4. The van der Waals surface area contributed by atoms with Gasteiger partial charge in [0.1, 0.15) is 11.3 Å². The van der Waals surface area contributed by atoms with E-state index in [-0.39, 0.29) is 5.75 Å². The van der Waals surface area contributed by atoms with Crippen molar-refractivity contribution < 1.29 is 5.11 Å². The lowest BCUT2D eigenvalue weighted by molar-refractivity contribution is 0.131. The van der Waals surface area contributed by atoms with Crippen molar-refractivity contribution in [1.82, 2.24) is 14.8 Å². The number of likely N-dealkylation sites (N-methyl/N-ethyl adjacent to an activating group) is 1. The van der Waals surface area contributed by atoms with E-state index in [0.29, 0.717) is 10.5 Å². The number of halogens is 1. The minimum atomic E-state index is 0.257. The van der Waals surface area contributed by atoms with Gasteiger partial charge in [-0.2, -0.15) is 0 Å². The molecule has 1 fully saturated rings. The van der Waals surface area contributed by atoms with Gasteiger partial charge in [0.25, 0.3) is 0 Å². The summed E-state index contributed by atoms with van der Waals surface area (Å²) in [7, 11) is 0. The number of nitrogens with zero attached hydrogens (tertiary/aromatic N) is 3. The second-order valence-corrected chi connectivity index (χ2v) is 5.88. The van der Waals surface area contributed by atoms with Gasteiger partial charge in [0, 0.05) is 49.9 Å². The summed E-state index contributed by atoms with van der Waals surface area (Å²) in [5.74, 6) is 0.257. The quantitative estimate of drug-likeness (QED) is 0.946. The number of aromatic hydroxyl groups is 1. The third-order valence-corrected chi connectivity index (χ3v) is 4.51. The zero-order valence-electron chi connectivity index (χ0n) is 12.2. The highest BCUT2D eigenvalue weighted by Gasteiger charge is 2.18. The predicted octanol–water partition coefficient (Wildman–Crippen LogP) is 2.73. The number of hydrogen-bond donors (Lipinski definition) is 1. The molecule has 0 bridgehead atoms. The SMILES string of the molecule is CCN1CCN(Cc2cc(Cl)c3cccnc3c2O)CC1. The molecule has 0 aliphatic carbocycles. The highest BCUT2D eigenvalue weighted by atomic mass is 35.5. The molecule has 0 spiro atoms. The number of piperazine rings is 1. The topological polar surface area (TPSA) is 39.6 Å². The Morgan fingerprint density at radius 1 is 1.24 bits per heavy atom. The number of benzene rings is 1. The van der Waals surface area contributed by atoms with E-state index < -0.39 is 0 Å². The standard InChI is InChI=1S/C16H20ClN3O/c1-2-19-6-8-20(9-7-19)11-12-10-14(17)13-4-3-5-18-15(13)16(12)21/h3-5,10,21H,2,6-9,11H2,1H3. The van der Waals surface area contributed by atoms with Gasteiger partial charge in [0.2, 0.25) is 0 Å². The van der Waals surface area contributed by atoms with Gasteiger partial charge in [0.05, 0.1) is 5.02 Å². The summed E-state index contributed by atoms with van der Waals surface area (Å²) in [6.07, 6.45) is 1.68. The molecule has 0 unspecified atom stereocenters. The van der Waals surface area contributed by atoms with E-state index in [1.54, 1.807) is 6.20 Å². The van der Waals surface area contributed by atoms with E-state index >= 15 is 0 Å². The second-order valence-electron chi connectivity index (χ2n) is 5.48. The molecular formula is C16H20ClN3O. The first-order valence-electron chi connectivity index (χ1n) is 7.39. The van der Waals surface area contributed by atoms with E-state index in [1.807, 2.05) is 18.2 Å². The molecule has 1 aromatic carbocycles. The Bertz CT molecular complexity index is 639. The number of phenols is 1. The molecule has 0 amide bonds. The normalized spacial score (nSPS) is 17.4. The van der Waals surface area contributed by atoms with E-state index in [0.717, 1.165) is 50.2 Å². The van der Waals surface area contributed by atoms with Crippen LogP contribution in [-0.2, 0) is 6.54 Å². The van der Waals surface area contributed by atoms with E-state index in [2.05, 4.69) is 21.7 Å². The molecule has 2 aromatic rings. The lowest BCUT2D eigenvalue weighted by Gasteiger charge is -2.34. The Morgan fingerprint density at radius 3 is 2.67 bits per heavy atom. The van der Waals surface area contributed by atoms with E-state index in [4.69, 9.17) is 11.6 Å². The van der Waals surface area contributed by atoms with Crippen LogP contribution < -0.4 is 0 Å². The smallest absolute Gasteiger partial charge is 0.146 e. The highest BCUT2D eigenvalue weighted by Crippen LogP contribution is 2.33. The van der Waals surface area contributed by atoms with Gasteiger partial charge < -0.3 is 10.0 Å². The van der Waals surface area contributed by atoms with Crippen LogP contribution in [0.25, 0.3) is 10.9 Å². The molecule has 4 nitrogen and oxygen atoms in total. The summed E-state index contributed by atoms with van der Waals surface area (Å²) in [6.45, 7) is 8.21. The van der Waals surface area contributed by atoms with Crippen LogP contribution in [0.1, 0.15) is 12.5 Å². The van der Waals surface area contributed by atoms with Crippen LogP contribution in [0.4, 0.5) is 0 Å². The van der Waals surface area contributed by atoms with Crippen molar-refractivity contribution >= 4 is 22.5 Å². The van der Waals surface area contributed by atoms with Crippen molar-refractivity contribution in [3.05, 3.63) is 35.0 Å². The van der Waals surface area contributed by atoms with Crippen LogP contribution in [0.3, 0.4) is 0 Å². The first-order chi connectivity index (χ1) is 10.2. The van der Waals surface area contributed by atoms with Gasteiger partial charge in [-0.1, -0.05) is 18.5 Å². The molecule has 1 aliphatic heterocycles. The number of phenolic OH excluding ortho intramolecular Hbond substituents is 1. The summed E-state index contributed by atoms with van der Waals surface area (Å²) < 4.78 is 0. The summed E-state index contributed by atoms with van der Waals surface area (Å²) in [5.41, 5.74) is 1.45. The molecule has 112 valence electrons. The van der Waals surface area contributed by atoms with Crippen LogP contribution in [0.15, 0.2) is 24.4 Å². The highest BCUT2D eigenvalue weighted by molar-refractivity contribution is 6.35. The summed E-state index contributed by atoms with van der Waals surface area (Å²) in [6, 6.07) is 5.58. The van der Waals surface area contributed by atoms with E-state index in [1.165, 1.54) is 0 Å². The number of aromatic nitrogens is 1. The van der Waals surface area contributed by atoms with Crippen molar-refractivity contribution in [3.63, 3.8) is 0 Å². The van der Waals surface area contributed by atoms with Crippen molar-refractivity contribution in [2.75, 3.05) is 32.7 Å². The molecule has 21 heavy (non-hydrogen) atoms. The van der Waals surface area contributed by atoms with Crippen LogP contribution in [-0.4, -0.2) is 52.6 Å². The molecule has 1 saturated heterocycles. The fraction of sp³-hybridized carbons (Fsp3) is 0.438. The zero-order valence-corrected chi connectivity index (χ0v) is 13.0. The Hall–Kier alpha value is -1.36. The summed E-state index contributed by atoms with van der Waals surface area (Å²) in [4.78, 5) is 9.05. The number of rotatable bonds is 3. The maximum atomic E-state index is 10.4. The third kappa shape index (κ3) is 2.98. The van der Waals surface area contributed by atoms with Crippen LogP contribution >= 0.6 is 11.6 Å².